The van der Waals surface area contributed by atoms with Crippen molar-refractivity contribution < 1.29 is 19.1 Å². The second-order valence-electron chi connectivity index (χ2n) is 6.42. The number of rotatable bonds is 6. The highest BCUT2D eigenvalue weighted by Gasteiger charge is 2.16. The van der Waals surface area contributed by atoms with Gasteiger partial charge in [0.05, 0.1) is 24.1 Å². The first-order valence-corrected chi connectivity index (χ1v) is 9.11. The van der Waals surface area contributed by atoms with Crippen LogP contribution in [-0.4, -0.2) is 24.7 Å². The van der Waals surface area contributed by atoms with E-state index in [1.165, 1.54) is 12.1 Å². The van der Waals surface area contributed by atoms with Crippen molar-refractivity contribution in [2.75, 3.05) is 13.7 Å². The highest BCUT2D eigenvalue weighted by atomic mass is 35.5. The zero-order valence-corrected chi connectivity index (χ0v) is 16.3. The van der Waals surface area contributed by atoms with E-state index in [-0.39, 0.29) is 34.2 Å². The third kappa shape index (κ3) is 4.28. The lowest BCUT2D eigenvalue weighted by molar-refractivity contribution is -0.120. The van der Waals surface area contributed by atoms with Gasteiger partial charge in [-0.3, -0.25) is 4.79 Å². The van der Waals surface area contributed by atoms with Crippen molar-refractivity contribution in [1.82, 2.24) is 5.32 Å². The molecule has 7 heteroatoms. The molecule has 0 aliphatic carbocycles. The van der Waals surface area contributed by atoms with E-state index in [9.17, 15) is 14.7 Å². The molecule has 0 atom stereocenters. The first-order chi connectivity index (χ1) is 13.4. The first-order valence-electron chi connectivity index (χ1n) is 8.73. The summed E-state index contributed by atoms with van der Waals surface area (Å²) in [6.07, 6.45) is 0.571. The van der Waals surface area contributed by atoms with Crippen LogP contribution in [0.2, 0.25) is 5.02 Å². The molecule has 0 spiro atoms. The second-order valence-corrected chi connectivity index (χ2v) is 6.82. The van der Waals surface area contributed by atoms with E-state index in [0.29, 0.717) is 23.9 Å². The van der Waals surface area contributed by atoms with Crippen LogP contribution in [0.3, 0.4) is 0 Å². The normalized spacial score (nSPS) is 10.8. The van der Waals surface area contributed by atoms with Crippen molar-refractivity contribution in [2.24, 2.45) is 0 Å². The number of methoxy groups -OCH3 is 1. The Labute approximate surface area is 166 Å². The number of carbonyl (C=O) groups is 1. The SMILES string of the molecule is COc1ccc(CCNC(=O)Cc2c(C)c3cc(Cl)c(O)cc3oc2=O)cc1. The van der Waals surface area contributed by atoms with Gasteiger partial charge >= 0.3 is 5.63 Å². The quantitative estimate of drug-likeness (QED) is 0.618. The van der Waals surface area contributed by atoms with Crippen LogP contribution in [-0.2, 0) is 17.6 Å². The van der Waals surface area contributed by atoms with Crippen molar-refractivity contribution in [2.45, 2.75) is 19.8 Å². The fourth-order valence-corrected chi connectivity index (χ4v) is 3.13. The van der Waals surface area contributed by atoms with Crippen molar-refractivity contribution in [3.63, 3.8) is 0 Å². The minimum absolute atomic E-state index is 0.0920. The van der Waals surface area contributed by atoms with Gasteiger partial charge in [0, 0.05) is 18.0 Å². The van der Waals surface area contributed by atoms with Crippen LogP contribution in [0.1, 0.15) is 16.7 Å². The highest BCUT2D eigenvalue weighted by Crippen LogP contribution is 2.30. The molecule has 2 aromatic carbocycles. The number of carbonyl (C=O) groups excluding carboxylic acids is 1. The lowest BCUT2D eigenvalue weighted by Gasteiger charge is -2.10. The Morgan fingerprint density at radius 2 is 1.96 bits per heavy atom. The highest BCUT2D eigenvalue weighted by molar-refractivity contribution is 6.32. The van der Waals surface area contributed by atoms with Crippen LogP contribution in [0, 0.1) is 6.92 Å². The fourth-order valence-electron chi connectivity index (χ4n) is 2.96. The lowest BCUT2D eigenvalue weighted by Crippen LogP contribution is -2.29. The Kier molecular flexibility index (Phi) is 5.90. The van der Waals surface area contributed by atoms with Gasteiger partial charge in [0.1, 0.15) is 17.1 Å². The number of phenols is 1. The first kappa shape index (κ1) is 19.8. The number of benzene rings is 2. The summed E-state index contributed by atoms with van der Waals surface area (Å²) in [5, 5.41) is 13.2. The van der Waals surface area contributed by atoms with E-state index in [1.54, 1.807) is 14.0 Å². The maximum absolute atomic E-state index is 12.3. The van der Waals surface area contributed by atoms with Gasteiger partial charge in [-0.15, -0.1) is 0 Å². The van der Waals surface area contributed by atoms with Crippen molar-refractivity contribution >= 4 is 28.5 Å². The number of hydrogen-bond donors (Lipinski definition) is 2. The number of hydrogen-bond acceptors (Lipinski definition) is 5. The molecule has 0 saturated carbocycles. The van der Waals surface area contributed by atoms with E-state index in [0.717, 1.165) is 11.3 Å². The minimum Gasteiger partial charge on any atom is -0.506 e. The molecule has 2 N–H and O–H groups in total. The Morgan fingerprint density at radius 3 is 2.64 bits per heavy atom. The summed E-state index contributed by atoms with van der Waals surface area (Å²) in [6, 6.07) is 10.4. The number of ether oxygens (including phenoxy) is 1. The van der Waals surface area contributed by atoms with Gasteiger partial charge in [0.2, 0.25) is 5.91 Å². The van der Waals surface area contributed by atoms with Gasteiger partial charge < -0.3 is 19.6 Å². The fraction of sp³-hybridized carbons (Fsp3) is 0.238. The third-order valence-electron chi connectivity index (χ3n) is 4.59. The summed E-state index contributed by atoms with van der Waals surface area (Å²) in [5.74, 6) is 0.341. The average Bonchev–Trinajstić information content (AvgIpc) is 2.67. The van der Waals surface area contributed by atoms with E-state index in [2.05, 4.69) is 5.32 Å². The maximum atomic E-state index is 12.3. The van der Waals surface area contributed by atoms with Gasteiger partial charge in [-0.05, 0) is 42.7 Å². The average molecular weight is 402 g/mol. The van der Waals surface area contributed by atoms with Gasteiger partial charge in [-0.2, -0.15) is 0 Å². The predicted molar refractivity (Wildman–Crippen MR) is 107 cm³/mol. The number of fused-ring (bicyclic) bond motifs is 1. The summed E-state index contributed by atoms with van der Waals surface area (Å²) in [7, 11) is 1.61. The largest absolute Gasteiger partial charge is 0.506 e. The maximum Gasteiger partial charge on any atom is 0.340 e. The molecule has 0 aliphatic heterocycles. The number of amides is 1. The zero-order chi connectivity index (χ0) is 20.3. The molecule has 1 aromatic heterocycles. The van der Waals surface area contributed by atoms with E-state index < -0.39 is 5.63 Å². The van der Waals surface area contributed by atoms with Crippen LogP contribution >= 0.6 is 11.6 Å². The van der Waals surface area contributed by atoms with Crippen molar-refractivity contribution in [1.29, 1.82) is 0 Å². The minimum atomic E-state index is -0.600. The van der Waals surface area contributed by atoms with Gasteiger partial charge in [0.25, 0.3) is 0 Å². The van der Waals surface area contributed by atoms with Crippen LogP contribution in [0.4, 0.5) is 0 Å². The topological polar surface area (TPSA) is 88.8 Å². The van der Waals surface area contributed by atoms with Crippen LogP contribution in [0.25, 0.3) is 11.0 Å². The number of phenolic OH excluding ortho intramolecular Hbond substituents is 1. The molecule has 1 amide bonds. The zero-order valence-electron chi connectivity index (χ0n) is 15.5. The smallest absolute Gasteiger partial charge is 0.340 e. The summed E-state index contributed by atoms with van der Waals surface area (Å²) < 4.78 is 10.4. The standard InChI is InChI=1S/C21H20ClNO5/c1-12-15-9-17(22)18(24)11-19(15)28-21(26)16(12)10-20(25)23-8-7-13-3-5-14(27-2)6-4-13/h3-6,9,11,24H,7-8,10H2,1-2H3,(H,23,25). The Bertz CT molecular complexity index is 1070. The number of aromatic hydroxyl groups is 1. The van der Waals surface area contributed by atoms with E-state index in [4.69, 9.17) is 20.8 Å². The molecule has 0 unspecified atom stereocenters. The molecule has 0 radical (unpaired) electrons. The predicted octanol–water partition coefficient (Wildman–Crippen LogP) is 3.37. The molecule has 0 aliphatic rings. The molecular weight excluding hydrogens is 382 g/mol. The summed E-state index contributed by atoms with van der Waals surface area (Å²) >= 11 is 5.95. The molecule has 3 rings (SSSR count). The third-order valence-corrected chi connectivity index (χ3v) is 4.89. The van der Waals surface area contributed by atoms with Gasteiger partial charge in [0.15, 0.2) is 0 Å². The number of nitrogens with one attached hydrogen (secondary N) is 1. The summed E-state index contributed by atoms with van der Waals surface area (Å²) in [4.78, 5) is 24.6. The summed E-state index contributed by atoms with van der Waals surface area (Å²) in [6.45, 7) is 2.18. The van der Waals surface area contributed by atoms with E-state index in [1.807, 2.05) is 24.3 Å². The molecule has 0 fully saturated rings. The Hall–Kier alpha value is -2.99. The van der Waals surface area contributed by atoms with Gasteiger partial charge in [-0.25, -0.2) is 4.79 Å². The molecule has 28 heavy (non-hydrogen) atoms. The molecule has 3 aromatic rings. The lowest BCUT2D eigenvalue weighted by atomic mass is 10.0. The molecular formula is C21H20ClNO5. The van der Waals surface area contributed by atoms with Crippen LogP contribution in [0.5, 0.6) is 11.5 Å². The molecule has 146 valence electrons. The molecule has 0 saturated heterocycles. The van der Waals surface area contributed by atoms with E-state index >= 15 is 0 Å². The van der Waals surface area contributed by atoms with Crippen molar-refractivity contribution in [3.8, 4) is 11.5 Å². The molecule has 0 bridgehead atoms. The van der Waals surface area contributed by atoms with Gasteiger partial charge in [-0.1, -0.05) is 23.7 Å². The second kappa shape index (κ2) is 8.35. The van der Waals surface area contributed by atoms with Crippen LogP contribution in [0.15, 0.2) is 45.6 Å². The van der Waals surface area contributed by atoms with Crippen molar-refractivity contribution in [3.05, 3.63) is 68.5 Å². The molecule has 1 heterocycles. The Balaban J connectivity index is 1.68. The Morgan fingerprint density at radius 1 is 1.25 bits per heavy atom. The monoisotopic (exact) mass is 401 g/mol. The summed E-state index contributed by atoms with van der Waals surface area (Å²) in [5.41, 5.74) is 1.58. The number of aryl methyl sites for hydroxylation is 1. The molecule has 6 nitrogen and oxygen atoms in total. The number of halogens is 1. The van der Waals surface area contributed by atoms with Crippen LogP contribution < -0.4 is 15.7 Å².